The van der Waals surface area contributed by atoms with E-state index in [1.165, 1.54) is 7.11 Å². The first-order chi connectivity index (χ1) is 18.0. The van der Waals surface area contributed by atoms with Crippen molar-refractivity contribution in [2.75, 3.05) is 20.3 Å². The number of esters is 1. The van der Waals surface area contributed by atoms with Gasteiger partial charge in [0.15, 0.2) is 6.10 Å². The molecule has 3 aromatic carbocycles. The van der Waals surface area contributed by atoms with Crippen LogP contribution in [0.2, 0.25) is 0 Å². The summed E-state index contributed by atoms with van der Waals surface area (Å²) in [7, 11) is 1.31. The van der Waals surface area contributed by atoms with Crippen LogP contribution in [0.5, 0.6) is 5.75 Å². The Morgan fingerprint density at radius 1 is 1.16 bits per heavy atom. The first kappa shape index (κ1) is 26.2. The van der Waals surface area contributed by atoms with E-state index < -0.39 is 17.6 Å². The second-order valence-corrected chi connectivity index (χ2v) is 9.25. The Morgan fingerprint density at radius 3 is 2.57 bits per heavy atom. The maximum Gasteiger partial charge on any atom is 0.338 e. The molecule has 37 heavy (non-hydrogen) atoms. The van der Waals surface area contributed by atoms with Crippen molar-refractivity contribution in [3.05, 3.63) is 104 Å². The first-order valence-electron chi connectivity index (χ1n) is 11.6. The highest BCUT2D eigenvalue weighted by atomic mass is 79.9. The summed E-state index contributed by atoms with van der Waals surface area (Å²) in [5, 5.41) is 12.8. The number of carbonyl (C=O) groups is 1. The molecule has 0 saturated carbocycles. The Bertz CT molecular complexity index is 1320. The van der Waals surface area contributed by atoms with Crippen LogP contribution in [0.3, 0.4) is 0 Å². The number of aliphatic hydroxyl groups excluding tert-OH is 1. The van der Waals surface area contributed by atoms with Gasteiger partial charge in [-0.25, -0.2) is 9.79 Å². The zero-order valence-electron chi connectivity index (χ0n) is 20.1. The minimum Gasteiger partial charge on any atom is -0.494 e. The van der Waals surface area contributed by atoms with Gasteiger partial charge in [-0.3, -0.25) is 0 Å². The van der Waals surface area contributed by atoms with Crippen molar-refractivity contribution in [1.82, 2.24) is 0 Å². The molecular weight excluding hydrogens is 540 g/mol. The highest BCUT2D eigenvalue weighted by molar-refractivity contribution is 9.10. The molecule has 9 nitrogen and oxygen atoms in total. The van der Waals surface area contributed by atoms with E-state index in [-0.39, 0.29) is 18.9 Å². The number of hydrogen-bond donors (Lipinski definition) is 1. The molecule has 0 unspecified atom stereocenters. The molecule has 4 rings (SSSR count). The maximum atomic E-state index is 13.5. The van der Waals surface area contributed by atoms with Crippen molar-refractivity contribution in [2.45, 2.75) is 24.5 Å². The smallest absolute Gasteiger partial charge is 0.338 e. The van der Waals surface area contributed by atoms with Gasteiger partial charge in [-0.1, -0.05) is 57.4 Å². The molecule has 190 valence electrons. The molecule has 0 bridgehead atoms. The molecule has 1 aliphatic heterocycles. The lowest BCUT2D eigenvalue weighted by atomic mass is 9.82. The molecule has 2 atom stereocenters. The van der Waals surface area contributed by atoms with Crippen molar-refractivity contribution in [1.29, 1.82) is 0 Å². The molecular formula is C27H25BrN4O5. The lowest BCUT2D eigenvalue weighted by Crippen LogP contribution is -2.44. The summed E-state index contributed by atoms with van der Waals surface area (Å²) < 4.78 is 18.2. The molecule has 1 heterocycles. The minimum atomic E-state index is -1.48. The summed E-state index contributed by atoms with van der Waals surface area (Å²) in [5.74, 6) is 0.315. The first-order valence-corrected chi connectivity index (χ1v) is 12.4. The van der Waals surface area contributed by atoms with Gasteiger partial charge in [0, 0.05) is 45.6 Å². The lowest BCUT2D eigenvalue weighted by Gasteiger charge is -2.30. The SMILES string of the molecule is COC(=O)[C@]1(Cc2ccc(Br)cc2)N=C(c2ccc(OCCCO)cc2)O[C@@H]1c1ccccc1N=[N+]=[N-]. The number of hydrogen-bond acceptors (Lipinski definition) is 7. The quantitative estimate of drug-likeness (QED) is 0.109. The van der Waals surface area contributed by atoms with Gasteiger partial charge in [-0.05, 0) is 47.5 Å². The van der Waals surface area contributed by atoms with Gasteiger partial charge in [0.05, 0.1) is 13.7 Å². The molecule has 0 saturated heterocycles. The Labute approximate surface area is 222 Å². The van der Waals surface area contributed by atoms with E-state index >= 15 is 0 Å². The van der Waals surface area contributed by atoms with Crippen LogP contribution in [0.25, 0.3) is 10.4 Å². The normalized spacial score (nSPS) is 18.4. The van der Waals surface area contributed by atoms with Gasteiger partial charge in [0.2, 0.25) is 11.4 Å². The largest absolute Gasteiger partial charge is 0.494 e. The topological polar surface area (TPSA) is 126 Å². The monoisotopic (exact) mass is 564 g/mol. The number of methoxy groups -OCH3 is 1. The van der Waals surface area contributed by atoms with Crippen LogP contribution >= 0.6 is 15.9 Å². The van der Waals surface area contributed by atoms with Gasteiger partial charge >= 0.3 is 5.97 Å². The average Bonchev–Trinajstić information content (AvgIpc) is 3.30. The summed E-state index contributed by atoms with van der Waals surface area (Å²) in [6.45, 7) is 0.444. The van der Waals surface area contributed by atoms with Gasteiger partial charge in [0.1, 0.15) is 5.75 Å². The van der Waals surface area contributed by atoms with E-state index in [0.29, 0.717) is 35.6 Å². The number of halogens is 1. The number of nitrogens with zero attached hydrogens (tertiary/aromatic N) is 4. The van der Waals surface area contributed by atoms with Crippen molar-refractivity contribution in [3.63, 3.8) is 0 Å². The van der Waals surface area contributed by atoms with Gasteiger partial charge in [0.25, 0.3) is 0 Å². The molecule has 0 radical (unpaired) electrons. The number of benzene rings is 3. The van der Waals surface area contributed by atoms with Crippen LogP contribution < -0.4 is 4.74 Å². The van der Waals surface area contributed by atoms with E-state index in [1.54, 1.807) is 48.5 Å². The third kappa shape index (κ3) is 5.77. The van der Waals surface area contributed by atoms with E-state index in [4.69, 9.17) is 29.8 Å². The van der Waals surface area contributed by atoms with E-state index in [0.717, 1.165) is 10.0 Å². The van der Waals surface area contributed by atoms with E-state index in [1.807, 2.05) is 24.3 Å². The fourth-order valence-corrected chi connectivity index (χ4v) is 4.44. The zero-order chi connectivity index (χ0) is 26.3. The predicted molar refractivity (Wildman–Crippen MR) is 142 cm³/mol. The third-order valence-corrected chi connectivity index (χ3v) is 6.46. The Hall–Kier alpha value is -3.85. The Morgan fingerprint density at radius 2 is 1.89 bits per heavy atom. The van der Waals surface area contributed by atoms with Gasteiger partial charge in [-0.15, -0.1) is 0 Å². The lowest BCUT2D eigenvalue weighted by molar-refractivity contribution is -0.149. The van der Waals surface area contributed by atoms with E-state index in [2.05, 4.69) is 26.0 Å². The summed E-state index contributed by atoms with van der Waals surface area (Å²) >= 11 is 3.44. The fourth-order valence-electron chi connectivity index (χ4n) is 4.17. The second kappa shape index (κ2) is 11.9. The molecule has 0 fully saturated rings. The summed E-state index contributed by atoms with van der Waals surface area (Å²) in [4.78, 5) is 21.3. The highest BCUT2D eigenvalue weighted by Crippen LogP contribution is 2.45. The molecule has 3 aromatic rings. The molecule has 0 amide bonds. The number of rotatable bonds is 10. The fraction of sp³-hybridized carbons (Fsp3) is 0.259. The predicted octanol–water partition coefficient (Wildman–Crippen LogP) is 5.82. The summed E-state index contributed by atoms with van der Waals surface area (Å²) in [5.41, 5.74) is 10.0. The van der Waals surface area contributed by atoms with Crippen LogP contribution in [0.4, 0.5) is 5.69 Å². The molecule has 0 aromatic heterocycles. The Balaban J connectivity index is 1.80. The van der Waals surface area contributed by atoms with Crippen LogP contribution in [0, 0.1) is 0 Å². The molecule has 0 spiro atoms. The van der Waals surface area contributed by atoms with Crippen molar-refractivity contribution in [3.8, 4) is 5.75 Å². The standard InChI is InChI=1S/C27H25BrN4O5/c1-35-26(34)27(17-18-7-11-20(28)12-8-18)24(22-5-2-3-6-23(22)31-32-29)37-25(30-27)19-9-13-21(14-10-19)36-16-4-15-33/h2-3,5-14,24,33H,4,15-17H2,1H3/t24-,27-/m1/s1. The number of ether oxygens (including phenoxy) is 3. The zero-order valence-corrected chi connectivity index (χ0v) is 21.7. The van der Waals surface area contributed by atoms with Gasteiger partial charge in [-0.2, -0.15) is 0 Å². The van der Waals surface area contributed by atoms with Crippen molar-refractivity contribution >= 4 is 33.5 Å². The molecule has 1 aliphatic rings. The average molecular weight is 565 g/mol. The van der Waals surface area contributed by atoms with Crippen molar-refractivity contribution < 1.29 is 24.1 Å². The van der Waals surface area contributed by atoms with Crippen LogP contribution in [0.15, 0.2) is 87.4 Å². The van der Waals surface area contributed by atoms with Crippen LogP contribution in [-0.2, 0) is 20.7 Å². The van der Waals surface area contributed by atoms with Crippen LogP contribution in [-0.4, -0.2) is 42.8 Å². The Kier molecular flexibility index (Phi) is 8.45. The maximum absolute atomic E-state index is 13.5. The summed E-state index contributed by atoms with van der Waals surface area (Å²) in [6, 6.07) is 21.6. The van der Waals surface area contributed by atoms with E-state index in [9.17, 15) is 4.79 Å². The molecule has 1 N–H and O–H groups in total. The highest BCUT2D eigenvalue weighted by Gasteiger charge is 2.54. The third-order valence-electron chi connectivity index (χ3n) is 5.93. The number of azide groups is 1. The number of aliphatic hydroxyl groups is 1. The van der Waals surface area contributed by atoms with Gasteiger partial charge < -0.3 is 19.3 Å². The van der Waals surface area contributed by atoms with Crippen LogP contribution in [0.1, 0.15) is 29.2 Å². The minimum absolute atomic E-state index is 0.0510. The summed E-state index contributed by atoms with van der Waals surface area (Å²) in [6.07, 6.45) is -0.198. The molecule has 0 aliphatic carbocycles. The molecule has 10 heteroatoms. The second-order valence-electron chi connectivity index (χ2n) is 8.33. The van der Waals surface area contributed by atoms with Crippen molar-refractivity contribution in [2.24, 2.45) is 10.1 Å². The number of aliphatic imine (C=N–C) groups is 1. The number of carbonyl (C=O) groups excluding carboxylic acids is 1.